The van der Waals surface area contributed by atoms with Gasteiger partial charge in [0.2, 0.25) is 0 Å². The Bertz CT molecular complexity index is 801. The summed E-state index contributed by atoms with van der Waals surface area (Å²) in [6.07, 6.45) is 2.33. The van der Waals surface area contributed by atoms with Crippen LogP contribution in [-0.4, -0.2) is 21.7 Å². The molecule has 1 aromatic carbocycles. The van der Waals surface area contributed by atoms with Crippen LogP contribution >= 0.6 is 0 Å². The van der Waals surface area contributed by atoms with Gasteiger partial charge < -0.3 is 4.74 Å². The fourth-order valence-electron chi connectivity index (χ4n) is 2.09. The molecule has 2 aromatic heterocycles. The van der Waals surface area contributed by atoms with E-state index in [0.717, 1.165) is 11.3 Å². The van der Waals surface area contributed by atoms with Crippen LogP contribution in [0.25, 0.3) is 5.65 Å². The third-order valence-corrected chi connectivity index (χ3v) is 3.05. The van der Waals surface area contributed by atoms with E-state index in [9.17, 15) is 0 Å². The smallest absolute Gasteiger partial charge is 0.156 e. The summed E-state index contributed by atoms with van der Waals surface area (Å²) in [5.74, 6) is 1.52. The van der Waals surface area contributed by atoms with Gasteiger partial charge in [0.25, 0.3) is 0 Å². The lowest BCUT2D eigenvalue weighted by molar-refractivity contribution is 0.410. The molecule has 0 unspecified atom stereocenters. The van der Waals surface area contributed by atoms with Crippen LogP contribution in [0.15, 0.2) is 42.6 Å². The van der Waals surface area contributed by atoms with Crippen molar-refractivity contribution in [1.29, 1.82) is 5.26 Å². The first kappa shape index (κ1) is 12.2. The lowest BCUT2D eigenvalue weighted by atomic mass is 10.1. The maximum atomic E-state index is 8.88. The van der Waals surface area contributed by atoms with Gasteiger partial charge in [0.05, 0.1) is 18.7 Å². The number of ether oxygens (including phenoxy) is 1. The molecule has 0 aliphatic carbocycles. The Morgan fingerprint density at radius 3 is 2.95 bits per heavy atom. The quantitative estimate of drug-likeness (QED) is 0.727. The number of fused-ring (bicyclic) bond motifs is 1. The number of hydrogen-bond donors (Lipinski definition) is 0. The molecule has 5 heteroatoms. The van der Waals surface area contributed by atoms with Gasteiger partial charge in [-0.25, -0.2) is 9.50 Å². The molecular weight excluding hydrogens is 252 g/mol. The Morgan fingerprint density at radius 1 is 1.30 bits per heavy atom. The second-order valence-electron chi connectivity index (χ2n) is 4.35. The van der Waals surface area contributed by atoms with E-state index in [1.165, 1.54) is 0 Å². The van der Waals surface area contributed by atoms with Crippen LogP contribution in [0, 0.1) is 11.3 Å². The number of para-hydroxylation sites is 1. The summed E-state index contributed by atoms with van der Waals surface area (Å²) in [6, 6.07) is 13.3. The van der Waals surface area contributed by atoms with Crippen molar-refractivity contribution in [2.75, 3.05) is 7.11 Å². The Kier molecular flexibility index (Phi) is 3.05. The van der Waals surface area contributed by atoms with Crippen molar-refractivity contribution in [3.8, 4) is 11.8 Å². The number of hydrogen-bond acceptors (Lipinski definition) is 4. The molecule has 20 heavy (non-hydrogen) atoms. The van der Waals surface area contributed by atoms with Gasteiger partial charge in [0.15, 0.2) is 11.5 Å². The molecule has 0 bridgehead atoms. The van der Waals surface area contributed by atoms with Crippen LogP contribution in [-0.2, 0) is 6.42 Å². The Morgan fingerprint density at radius 2 is 2.15 bits per heavy atom. The van der Waals surface area contributed by atoms with E-state index in [4.69, 9.17) is 10.00 Å². The summed E-state index contributed by atoms with van der Waals surface area (Å²) < 4.78 is 6.99. The molecule has 0 saturated carbocycles. The average molecular weight is 264 g/mol. The van der Waals surface area contributed by atoms with E-state index < -0.39 is 0 Å². The van der Waals surface area contributed by atoms with Gasteiger partial charge in [-0.1, -0.05) is 18.2 Å². The van der Waals surface area contributed by atoms with Crippen LogP contribution in [0.1, 0.15) is 17.0 Å². The predicted molar refractivity (Wildman–Crippen MR) is 73.5 cm³/mol. The Balaban J connectivity index is 1.97. The van der Waals surface area contributed by atoms with E-state index in [-0.39, 0.29) is 0 Å². The molecule has 0 saturated heterocycles. The molecule has 0 aliphatic rings. The van der Waals surface area contributed by atoms with E-state index in [0.29, 0.717) is 23.5 Å². The third kappa shape index (κ3) is 2.19. The van der Waals surface area contributed by atoms with E-state index >= 15 is 0 Å². The van der Waals surface area contributed by atoms with Crippen LogP contribution in [0.5, 0.6) is 5.75 Å². The lowest BCUT2D eigenvalue weighted by Crippen LogP contribution is -1.95. The summed E-state index contributed by atoms with van der Waals surface area (Å²) in [5.41, 5.74) is 2.29. The highest BCUT2D eigenvalue weighted by Gasteiger charge is 2.08. The van der Waals surface area contributed by atoms with Crippen molar-refractivity contribution in [1.82, 2.24) is 14.6 Å². The first-order valence-corrected chi connectivity index (χ1v) is 6.17. The topological polar surface area (TPSA) is 63.2 Å². The maximum Gasteiger partial charge on any atom is 0.156 e. The number of nitriles is 1. The number of benzene rings is 1. The predicted octanol–water partition coefficient (Wildman–Crippen LogP) is 2.20. The zero-order valence-corrected chi connectivity index (χ0v) is 10.9. The third-order valence-electron chi connectivity index (χ3n) is 3.05. The zero-order chi connectivity index (χ0) is 13.9. The lowest BCUT2D eigenvalue weighted by Gasteiger charge is -2.05. The minimum absolute atomic E-state index is 0.578. The molecule has 0 atom stereocenters. The van der Waals surface area contributed by atoms with E-state index in [2.05, 4.69) is 16.2 Å². The standard InChI is InChI=1S/C15H12N4O/c1-20-13-5-3-2-4-12(13)9-14-17-15-8-11(10-16)6-7-19(15)18-14/h2-8H,9H2,1H3. The average Bonchev–Trinajstić information content (AvgIpc) is 2.89. The largest absolute Gasteiger partial charge is 0.496 e. The van der Waals surface area contributed by atoms with E-state index in [1.54, 1.807) is 30.0 Å². The summed E-state index contributed by atoms with van der Waals surface area (Å²) in [5, 5.41) is 13.3. The molecule has 5 nitrogen and oxygen atoms in total. The molecular formula is C15H12N4O. The van der Waals surface area contributed by atoms with Crippen LogP contribution in [0.4, 0.5) is 0 Å². The minimum atomic E-state index is 0.578. The second kappa shape index (κ2) is 5.02. The molecule has 98 valence electrons. The van der Waals surface area contributed by atoms with Crippen molar-refractivity contribution < 1.29 is 4.74 Å². The normalized spacial score (nSPS) is 10.4. The summed E-state index contributed by atoms with van der Waals surface area (Å²) in [7, 11) is 1.65. The number of methoxy groups -OCH3 is 1. The summed E-state index contributed by atoms with van der Waals surface area (Å²) in [4.78, 5) is 4.44. The first-order chi connectivity index (χ1) is 9.80. The van der Waals surface area contributed by atoms with Gasteiger partial charge in [-0.15, -0.1) is 0 Å². The fourth-order valence-corrected chi connectivity index (χ4v) is 2.09. The van der Waals surface area contributed by atoms with Crippen molar-refractivity contribution >= 4 is 5.65 Å². The number of rotatable bonds is 3. The molecule has 0 spiro atoms. The molecule has 2 heterocycles. The van der Waals surface area contributed by atoms with Crippen molar-refractivity contribution in [3.63, 3.8) is 0 Å². The molecule has 3 rings (SSSR count). The summed E-state index contributed by atoms with van der Waals surface area (Å²) >= 11 is 0. The van der Waals surface area contributed by atoms with Crippen molar-refractivity contribution in [2.24, 2.45) is 0 Å². The van der Waals surface area contributed by atoms with Gasteiger partial charge in [0.1, 0.15) is 5.75 Å². The minimum Gasteiger partial charge on any atom is -0.496 e. The molecule has 3 aromatic rings. The van der Waals surface area contributed by atoms with Gasteiger partial charge in [0, 0.05) is 24.2 Å². The Hall–Kier alpha value is -2.87. The second-order valence-corrected chi connectivity index (χ2v) is 4.35. The van der Waals surface area contributed by atoms with Gasteiger partial charge in [-0.3, -0.25) is 0 Å². The fraction of sp³-hybridized carbons (Fsp3) is 0.133. The van der Waals surface area contributed by atoms with Crippen LogP contribution in [0.3, 0.4) is 0 Å². The molecule has 0 aliphatic heterocycles. The van der Waals surface area contributed by atoms with Crippen LogP contribution < -0.4 is 4.74 Å². The Labute approximate surface area is 116 Å². The molecule has 0 amide bonds. The van der Waals surface area contributed by atoms with E-state index in [1.807, 2.05) is 24.3 Å². The van der Waals surface area contributed by atoms with Crippen molar-refractivity contribution in [3.05, 3.63) is 59.5 Å². The maximum absolute atomic E-state index is 8.88. The van der Waals surface area contributed by atoms with Gasteiger partial charge >= 0.3 is 0 Å². The molecule has 0 radical (unpaired) electrons. The monoisotopic (exact) mass is 264 g/mol. The molecule has 0 fully saturated rings. The SMILES string of the molecule is COc1ccccc1Cc1nc2cc(C#N)ccn2n1. The van der Waals surface area contributed by atoms with Crippen LogP contribution in [0.2, 0.25) is 0 Å². The number of aromatic nitrogens is 3. The first-order valence-electron chi connectivity index (χ1n) is 6.17. The van der Waals surface area contributed by atoms with Crippen molar-refractivity contribution in [2.45, 2.75) is 6.42 Å². The highest BCUT2D eigenvalue weighted by Crippen LogP contribution is 2.20. The highest BCUT2D eigenvalue weighted by molar-refractivity contribution is 5.45. The molecule has 0 N–H and O–H groups in total. The van der Waals surface area contributed by atoms with Gasteiger partial charge in [-0.2, -0.15) is 10.4 Å². The number of pyridine rings is 1. The highest BCUT2D eigenvalue weighted by atomic mass is 16.5. The summed E-state index contributed by atoms with van der Waals surface area (Å²) in [6.45, 7) is 0. The zero-order valence-electron chi connectivity index (χ0n) is 10.9. The van der Waals surface area contributed by atoms with Gasteiger partial charge in [-0.05, 0) is 12.1 Å². The number of nitrogens with zero attached hydrogens (tertiary/aromatic N) is 4.